The van der Waals surface area contributed by atoms with Crippen molar-refractivity contribution in [3.05, 3.63) is 0 Å². The molecule has 0 rings (SSSR count). The standard InChI is InChI=1S/C25H68O6Si8/c1-32(2,3)26-38(27-33(4,5)6,28-34(7,8)9)24-22-20-19-21-23-25-39(29-35(10,11)12,30-36(13,14)15)31-37(16,17)18/h19-25H2,1-18H3. The average Bonchev–Trinajstić information content (AvgIpc) is 2.50. The molecule has 0 aliphatic carbocycles. The Balaban J connectivity index is 5.41. The lowest BCUT2D eigenvalue weighted by atomic mass is 10.2. The van der Waals surface area contributed by atoms with Crippen LogP contribution in [0.1, 0.15) is 32.1 Å². The zero-order valence-corrected chi connectivity index (χ0v) is 37.4. The van der Waals surface area contributed by atoms with Crippen LogP contribution < -0.4 is 0 Å². The van der Waals surface area contributed by atoms with Gasteiger partial charge < -0.3 is 24.7 Å². The van der Waals surface area contributed by atoms with Gasteiger partial charge in [-0.05, 0) is 131 Å². The van der Waals surface area contributed by atoms with E-state index < -0.39 is 67.5 Å². The van der Waals surface area contributed by atoms with Crippen molar-refractivity contribution in [1.82, 2.24) is 0 Å². The summed E-state index contributed by atoms with van der Waals surface area (Å²) in [5.74, 6) is 0. The molecule has 236 valence electrons. The van der Waals surface area contributed by atoms with Crippen LogP contribution >= 0.6 is 0 Å². The first-order chi connectivity index (χ1) is 16.9. The average molecular weight is 690 g/mol. The van der Waals surface area contributed by atoms with E-state index in [9.17, 15) is 0 Å². The van der Waals surface area contributed by atoms with Gasteiger partial charge in [-0.2, -0.15) is 0 Å². The third-order valence-electron chi connectivity index (χ3n) is 4.74. The first kappa shape index (κ1) is 40.5. The largest absolute Gasteiger partial charge is 0.469 e. The predicted molar refractivity (Wildman–Crippen MR) is 191 cm³/mol. The van der Waals surface area contributed by atoms with E-state index in [2.05, 4.69) is 118 Å². The number of unbranched alkanes of at least 4 members (excludes halogenated alkanes) is 4. The van der Waals surface area contributed by atoms with E-state index in [4.69, 9.17) is 24.7 Å². The minimum atomic E-state index is -2.73. The van der Waals surface area contributed by atoms with Gasteiger partial charge in [-0.3, -0.25) is 0 Å². The first-order valence-electron chi connectivity index (χ1n) is 15.2. The maximum atomic E-state index is 6.86. The topological polar surface area (TPSA) is 55.4 Å². The Morgan fingerprint density at radius 1 is 0.256 bits per heavy atom. The van der Waals surface area contributed by atoms with Gasteiger partial charge in [-0.25, -0.2) is 0 Å². The highest BCUT2D eigenvalue weighted by Crippen LogP contribution is 2.33. The molecule has 14 heteroatoms. The van der Waals surface area contributed by atoms with Crippen LogP contribution in [0.15, 0.2) is 0 Å². The number of hydrogen-bond acceptors (Lipinski definition) is 6. The zero-order chi connectivity index (χ0) is 31.2. The zero-order valence-electron chi connectivity index (χ0n) is 29.4. The molecule has 0 aromatic rings. The molecule has 6 nitrogen and oxygen atoms in total. The molecule has 0 unspecified atom stereocenters. The fourth-order valence-electron chi connectivity index (χ4n) is 4.44. The van der Waals surface area contributed by atoms with Gasteiger partial charge in [0.05, 0.1) is 0 Å². The number of rotatable bonds is 20. The Morgan fingerprint density at radius 3 is 0.564 bits per heavy atom. The van der Waals surface area contributed by atoms with Crippen LogP contribution in [0, 0.1) is 0 Å². The second-order valence-electron chi connectivity index (χ2n) is 16.9. The van der Waals surface area contributed by atoms with Crippen LogP contribution in [0.3, 0.4) is 0 Å². The minimum absolute atomic E-state index is 0.931. The second-order valence-corrected chi connectivity index (χ2v) is 50.9. The van der Waals surface area contributed by atoms with E-state index in [1.165, 1.54) is 19.3 Å². The van der Waals surface area contributed by atoms with Gasteiger partial charge in [0.2, 0.25) is 0 Å². The summed E-state index contributed by atoms with van der Waals surface area (Å²) in [6.07, 6.45) is 5.71. The van der Waals surface area contributed by atoms with Gasteiger partial charge in [-0.1, -0.05) is 19.3 Å². The van der Waals surface area contributed by atoms with Crippen molar-refractivity contribution in [3.63, 3.8) is 0 Å². The van der Waals surface area contributed by atoms with Crippen LogP contribution in [0.2, 0.25) is 130 Å². The Hall–Kier alpha value is 1.50. The second kappa shape index (κ2) is 15.0. The van der Waals surface area contributed by atoms with E-state index in [0.717, 1.165) is 24.9 Å². The highest BCUT2D eigenvalue weighted by atomic mass is 28.5. The third-order valence-corrected chi connectivity index (χ3v) is 28.8. The van der Waals surface area contributed by atoms with Crippen molar-refractivity contribution in [2.24, 2.45) is 0 Å². The Morgan fingerprint density at radius 2 is 0.410 bits per heavy atom. The molecule has 0 fully saturated rings. The van der Waals surface area contributed by atoms with Gasteiger partial charge in [0.15, 0.2) is 49.9 Å². The molecular weight excluding hydrogens is 621 g/mol. The van der Waals surface area contributed by atoms with Gasteiger partial charge in [0.1, 0.15) is 0 Å². The number of hydrogen-bond donors (Lipinski definition) is 0. The van der Waals surface area contributed by atoms with Crippen LogP contribution in [-0.2, 0) is 24.7 Å². The summed E-state index contributed by atoms with van der Waals surface area (Å²) in [5, 5.41) is 0. The lowest BCUT2D eigenvalue weighted by Gasteiger charge is -2.43. The molecule has 0 saturated carbocycles. The SMILES string of the molecule is C[Si](C)(C)O[Si](CCCCCCC[Si](O[Si](C)(C)C)(O[Si](C)(C)C)O[Si](C)(C)C)(O[Si](C)(C)C)O[Si](C)(C)C. The fraction of sp³-hybridized carbons (Fsp3) is 1.00. The first-order valence-corrected chi connectivity index (χ1v) is 39.5. The molecule has 0 atom stereocenters. The van der Waals surface area contributed by atoms with Crippen LogP contribution in [0.25, 0.3) is 0 Å². The summed E-state index contributed by atoms with van der Waals surface area (Å²) < 4.78 is 41.2. The van der Waals surface area contributed by atoms with E-state index in [-0.39, 0.29) is 0 Å². The van der Waals surface area contributed by atoms with Crippen molar-refractivity contribution in [3.8, 4) is 0 Å². The molecular formula is C25H68O6Si8. The van der Waals surface area contributed by atoms with Gasteiger partial charge in [-0.15, -0.1) is 0 Å². The summed E-state index contributed by atoms with van der Waals surface area (Å²) >= 11 is 0. The highest BCUT2D eigenvalue weighted by Gasteiger charge is 2.50. The third kappa shape index (κ3) is 22.7. The summed E-state index contributed by atoms with van der Waals surface area (Å²) in [5.41, 5.74) is 0. The summed E-state index contributed by atoms with van der Waals surface area (Å²) in [6.45, 7) is 40.7. The van der Waals surface area contributed by atoms with Gasteiger partial charge >= 0.3 is 17.6 Å². The van der Waals surface area contributed by atoms with E-state index >= 15 is 0 Å². The minimum Gasteiger partial charge on any atom is -0.417 e. The van der Waals surface area contributed by atoms with Crippen molar-refractivity contribution in [2.75, 3.05) is 0 Å². The molecule has 0 N–H and O–H groups in total. The molecule has 0 aromatic heterocycles. The van der Waals surface area contributed by atoms with Gasteiger partial charge in [0, 0.05) is 12.1 Å². The molecule has 0 radical (unpaired) electrons. The molecule has 0 bridgehead atoms. The van der Waals surface area contributed by atoms with Crippen molar-refractivity contribution in [1.29, 1.82) is 0 Å². The quantitative estimate of drug-likeness (QED) is 0.0938. The Labute approximate surface area is 253 Å². The van der Waals surface area contributed by atoms with E-state index in [1.807, 2.05) is 0 Å². The van der Waals surface area contributed by atoms with Crippen molar-refractivity contribution >= 4 is 67.5 Å². The summed E-state index contributed by atoms with van der Waals surface area (Å²) in [7, 11) is -16.4. The van der Waals surface area contributed by atoms with Crippen LogP contribution in [0.5, 0.6) is 0 Å². The van der Waals surface area contributed by atoms with Crippen molar-refractivity contribution < 1.29 is 24.7 Å². The molecule has 0 aromatic carbocycles. The summed E-state index contributed by atoms with van der Waals surface area (Å²) in [6, 6.07) is 1.86. The monoisotopic (exact) mass is 688 g/mol. The van der Waals surface area contributed by atoms with Gasteiger partial charge in [0.25, 0.3) is 0 Å². The van der Waals surface area contributed by atoms with Crippen LogP contribution in [-0.4, -0.2) is 67.5 Å². The maximum Gasteiger partial charge on any atom is 0.469 e. The predicted octanol–water partition coefficient (Wildman–Crippen LogP) is 9.92. The smallest absolute Gasteiger partial charge is 0.417 e. The maximum absolute atomic E-state index is 6.86. The van der Waals surface area contributed by atoms with Crippen LogP contribution in [0.4, 0.5) is 0 Å². The fourth-order valence-corrected chi connectivity index (χ4v) is 33.9. The van der Waals surface area contributed by atoms with E-state index in [0.29, 0.717) is 0 Å². The Kier molecular flexibility index (Phi) is 15.6. The molecule has 0 aliphatic rings. The summed E-state index contributed by atoms with van der Waals surface area (Å²) in [4.78, 5) is 0. The normalized spacial score (nSPS) is 15.2. The lowest BCUT2D eigenvalue weighted by Crippen LogP contribution is -2.60. The molecule has 39 heavy (non-hydrogen) atoms. The molecule has 0 aliphatic heterocycles. The molecule has 0 amide bonds. The molecule has 0 spiro atoms. The lowest BCUT2D eigenvalue weighted by molar-refractivity contribution is 0.249. The van der Waals surface area contributed by atoms with E-state index in [1.54, 1.807) is 0 Å². The van der Waals surface area contributed by atoms with Crippen molar-refractivity contribution in [2.45, 2.75) is 162 Å². The highest BCUT2D eigenvalue weighted by molar-refractivity contribution is 6.91. The molecule has 0 saturated heterocycles. The Bertz CT molecular complexity index is 571. The molecule has 0 heterocycles.